The summed E-state index contributed by atoms with van der Waals surface area (Å²) in [5.41, 5.74) is 5.14. The van der Waals surface area contributed by atoms with Crippen molar-refractivity contribution in [2.45, 2.75) is 18.9 Å². The number of nitrogen functional groups attached to an aromatic ring is 1. The van der Waals surface area contributed by atoms with Gasteiger partial charge < -0.3 is 15.6 Å². The van der Waals surface area contributed by atoms with Crippen LogP contribution in [0.25, 0.3) is 0 Å². The topological polar surface area (TPSA) is 68.4 Å². The van der Waals surface area contributed by atoms with Crippen molar-refractivity contribution in [3.05, 3.63) is 22.8 Å². The Balaban J connectivity index is 2.97. The number of rotatable bonds is 4. The van der Waals surface area contributed by atoms with Crippen LogP contribution in [-0.4, -0.2) is 23.8 Å². The van der Waals surface area contributed by atoms with Gasteiger partial charge in [0.25, 0.3) is 0 Å². The number of pyridine rings is 1. The van der Waals surface area contributed by atoms with Crippen molar-refractivity contribution < 1.29 is 9.84 Å². The average molecular weight is 231 g/mol. The maximum absolute atomic E-state index is 10.2. The Labute approximate surface area is 94.0 Å². The number of halogens is 1. The minimum absolute atomic E-state index is 0.292. The molecule has 0 aliphatic rings. The van der Waals surface area contributed by atoms with Crippen molar-refractivity contribution >= 4 is 17.4 Å². The first kappa shape index (κ1) is 12.2. The number of nitrogens with two attached hydrogens (primary N) is 1. The Morgan fingerprint density at radius 2 is 2.33 bits per heavy atom. The number of aromatic nitrogens is 1. The molecule has 1 aromatic heterocycles. The van der Waals surface area contributed by atoms with E-state index in [4.69, 9.17) is 22.1 Å². The lowest BCUT2D eigenvalue weighted by Crippen LogP contribution is -2.25. The highest BCUT2D eigenvalue weighted by Gasteiger charge is 2.26. The normalized spacial score (nSPS) is 14.9. The van der Waals surface area contributed by atoms with E-state index in [1.807, 2.05) is 0 Å². The average Bonchev–Trinajstić information content (AvgIpc) is 2.18. The summed E-state index contributed by atoms with van der Waals surface area (Å²) >= 11 is 5.80. The van der Waals surface area contributed by atoms with E-state index in [-0.39, 0.29) is 0 Å². The van der Waals surface area contributed by atoms with Crippen LogP contribution in [0.15, 0.2) is 12.3 Å². The third-order valence-corrected chi connectivity index (χ3v) is 2.47. The van der Waals surface area contributed by atoms with Gasteiger partial charge in [0, 0.05) is 31.9 Å². The zero-order valence-electron chi connectivity index (χ0n) is 8.83. The molecule has 1 aromatic rings. The summed E-state index contributed by atoms with van der Waals surface area (Å²) in [4.78, 5) is 3.90. The van der Waals surface area contributed by atoms with E-state index >= 15 is 0 Å². The molecule has 0 spiro atoms. The smallest absolute Gasteiger partial charge is 0.129 e. The van der Waals surface area contributed by atoms with Crippen LogP contribution in [-0.2, 0) is 10.3 Å². The molecule has 0 saturated carbocycles. The predicted molar refractivity (Wildman–Crippen MR) is 59.7 cm³/mol. The fraction of sp³-hybridized carbons (Fsp3) is 0.500. The Bertz CT molecular complexity index is 342. The van der Waals surface area contributed by atoms with Crippen molar-refractivity contribution in [3.8, 4) is 0 Å². The molecule has 0 fully saturated rings. The van der Waals surface area contributed by atoms with Crippen LogP contribution in [0, 0.1) is 0 Å². The fourth-order valence-corrected chi connectivity index (χ4v) is 1.47. The van der Waals surface area contributed by atoms with Gasteiger partial charge in [-0.05, 0) is 13.0 Å². The fourth-order valence-electron chi connectivity index (χ4n) is 1.32. The van der Waals surface area contributed by atoms with Gasteiger partial charge in [0.2, 0.25) is 0 Å². The summed E-state index contributed by atoms with van der Waals surface area (Å²) in [6.45, 7) is 2.11. The molecule has 5 heteroatoms. The molecule has 4 nitrogen and oxygen atoms in total. The molecular weight excluding hydrogens is 216 g/mol. The third kappa shape index (κ3) is 3.06. The Kier molecular flexibility index (Phi) is 3.90. The first-order valence-electron chi connectivity index (χ1n) is 4.60. The van der Waals surface area contributed by atoms with Gasteiger partial charge in [-0.1, -0.05) is 11.6 Å². The number of methoxy groups -OCH3 is 1. The summed E-state index contributed by atoms with van der Waals surface area (Å²) in [6.07, 6.45) is 1.89. The van der Waals surface area contributed by atoms with Gasteiger partial charge in [-0.2, -0.15) is 0 Å². The van der Waals surface area contributed by atoms with E-state index in [0.29, 0.717) is 29.4 Å². The second-order valence-electron chi connectivity index (χ2n) is 3.60. The van der Waals surface area contributed by atoms with Crippen LogP contribution in [0.1, 0.15) is 18.9 Å². The molecule has 3 N–H and O–H groups in total. The lowest BCUT2D eigenvalue weighted by atomic mass is 9.93. The molecule has 0 aromatic carbocycles. The molecule has 1 heterocycles. The van der Waals surface area contributed by atoms with Gasteiger partial charge >= 0.3 is 0 Å². The van der Waals surface area contributed by atoms with Gasteiger partial charge in [-0.25, -0.2) is 4.98 Å². The summed E-state index contributed by atoms with van der Waals surface area (Å²) in [5.74, 6) is 0.292. The summed E-state index contributed by atoms with van der Waals surface area (Å²) < 4.78 is 4.92. The first-order valence-corrected chi connectivity index (χ1v) is 4.98. The van der Waals surface area contributed by atoms with E-state index in [0.717, 1.165) is 0 Å². The summed E-state index contributed by atoms with van der Waals surface area (Å²) in [5, 5.41) is 10.6. The standard InChI is InChI=1S/C10H15ClN2O2/c1-10(14,3-4-15-2)8-5-7(11)6-13-9(8)12/h5-6,14H,3-4H2,1-2H3,(H2,12,13). The lowest BCUT2D eigenvalue weighted by Gasteiger charge is -2.24. The summed E-state index contributed by atoms with van der Waals surface area (Å²) in [7, 11) is 1.58. The molecule has 1 atom stereocenters. The molecule has 0 aliphatic heterocycles. The third-order valence-electron chi connectivity index (χ3n) is 2.26. The quantitative estimate of drug-likeness (QED) is 0.824. The maximum atomic E-state index is 10.2. The molecule has 1 rings (SSSR count). The molecule has 1 unspecified atom stereocenters. The van der Waals surface area contributed by atoms with Gasteiger partial charge in [-0.3, -0.25) is 0 Å². The molecule has 0 bridgehead atoms. The van der Waals surface area contributed by atoms with E-state index in [1.165, 1.54) is 6.20 Å². The zero-order chi connectivity index (χ0) is 11.5. The number of aliphatic hydroxyl groups is 1. The molecular formula is C10H15ClN2O2. The van der Waals surface area contributed by atoms with Gasteiger partial charge in [0.1, 0.15) is 5.82 Å². The largest absolute Gasteiger partial charge is 0.385 e. The van der Waals surface area contributed by atoms with Crippen molar-refractivity contribution in [1.29, 1.82) is 0 Å². The predicted octanol–water partition coefficient (Wildman–Crippen LogP) is 1.56. The highest BCUT2D eigenvalue weighted by molar-refractivity contribution is 6.30. The molecule has 15 heavy (non-hydrogen) atoms. The van der Waals surface area contributed by atoms with Crippen molar-refractivity contribution in [2.75, 3.05) is 19.5 Å². The number of nitrogens with zero attached hydrogens (tertiary/aromatic N) is 1. The number of hydrogen-bond donors (Lipinski definition) is 2. The van der Waals surface area contributed by atoms with Crippen LogP contribution in [0.3, 0.4) is 0 Å². The maximum Gasteiger partial charge on any atom is 0.129 e. The van der Waals surface area contributed by atoms with Crippen LogP contribution in [0.5, 0.6) is 0 Å². The van der Waals surface area contributed by atoms with Gasteiger partial charge in [0.15, 0.2) is 0 Å². The molecule has 84 valence electrons. The minimum Gasteiger partial charge on any atom is -0.385 e. The van der Waals surface area contributed by atoms with Crippen molar-refractivity contribution in [1.82, 2.24) is 4.98 Å². The van der Waals surface area contributed by atoms with Gasteiger partial charge in [0.05, 0.1) is 10.6 Å². The number of ether oxygens (including phenoxy) is 1. The van der Waals surface area contributed by atoms with Crippen LogP contribution < -0.4 is 5.73 Å². The second kappa shape index (κ2) is 4.79. The van der Waals surface area contributed by atoms with Crippen molar-refractivity contribution in [3.63, 3.8) is 0 Å². The van der Waals surface area contributed by atoms with E-state index in [2.05, 4.69) is 4.98 Å². The van der Waals surface area contributed by atoms with Crippen LogP contribution in [0.4, 0.5) is 5.82 Å². The second-order valence-corrected chi connectivity index (χ2v) is 4.04. The SMILES string of the molecule is COCCC(C)(O)c1cc(Cl)cnc1N. The number of hydrogen-bond acceptors (Lipinski definition) is 4. The molecule has 0 radical (unpaired) electrons. The van der Waals surface area contributed by atoms with E-state index < -0.39 is 5.60 Å². The van der Waals surface area contributed by atoms with Crippen LogP contribution in [0.2, 0.25) is 5.02 Å². The first-order chi connectivity index (χ1) is 6.97. The van der Waals surface area contributed by atoms with Crippen molar-refractivity contribution in [2.24, 2.45) is 0 Å². The molecule has 0 amide bonds. The lowest BCUT2D eigenvalue weighted by molar-refractivity contribution is 0.0215. The highest BCUT2D eigenvalue weighted by atomic mass is 35.5. The molecule has 0 saturated heterocycles. The Morgan fingerprint density at radius 3 is 2.93 bits per heavy atom. The van der Waals surface area contributed by atoms with E-state index in [1.54, 1.807) is 20.1 Å². The Hall–Kier alpha value is -0.840. The Morgan fingerprint density at radius 1 is 1.67 bits per heavy atom. The summed E-state index contributed by atoms with van der Waals surface area (Å²) in [6, 6.07) is 1.62. The van der Waals surface area contributed by atoms with Crippen LogP contribution >= 0.6 is 11.6 Å². The van der Waals surface area contributed by atoms with E-state index in [9.17, 15) is 5.11 Å². The molecule has 0 aliphatic carbocycles. The monoisotopic (exact) mass is 230 g/mol. The van der Waals surface area contributed by atoms with Gasteiger partial charge in [-0.15, -0.1) is 0 Å². The highest BCUT2D eigenvalue weighted by Crippen LogP contribution is 2.29. The number of anilines is 1. The zero-order valence-corrected chi connectivity index (χ0v) is 9.58. The minimum atomic E-state index is -1.07.